The molecule has 0 saturated heterocycles. The van der Waals surface area contributed by atoms with Crippen molar-refractivity contribution in [3.63, 3.8) is 0 Å². The molecule has 0 saturated carbocycles. The van der Waals surface area contributed by atoms with E-state index in [0.29, 0.717) is 23.0 Å². The van der Waals surface area contributed by atoms with Crippen LogP contribution in [0.3, 0.4) is 0 Å². The van der Waals surface area contributed by atoms with Gasteiger partial charge in [0.25, 0.3) is 8.32 Å². The average Bonchev–Trinajstić information content (AvgIpc) is 2.37. The lowest BCUT2D eigenvalue weighted by molar-refractivity contribution is -0.115. The van der Waals surface area contributed by atoms with Gasteiger partial charge in [0.2, 0.25) is 0 Å². The Hall–Kier alpha value is -0.573. The second kappa shape index (κ2) is 8.01. The number of ketones is 1. The first-order valence-electron chi connectivity index (χ1n) is 8.06. The van der Waals surface area contributed by atoms with Crippen LogP contribution in [-0.2, 0) is 9.22 Å². The van der Waals surface area contributed by atoms with E-state index < -0.39 is 8.32 Å². The predicted molar refractivity (Wildman–Crippen MR) is 90.4 cm³/mol. The summed E-state index contributed by atoms with van der Waals surface area (Å²) in [6, 6.07) is 0. The molecule has 0 aromatic heterocycles. The second-order valence-corrected chi connectivity index (χ2v) is 12.0. The fourth-order valence-electron chi connectivity index (χ4n) is 3.40. The molecule has 0 heterocycles. The lowest BCUT2D eigenvalue weighted by Gasteiger charge is -2.43. The number of Topliss-reactive ketones (excluding diaryl/α,β-unsaturated/α-hetero) is 1. The Bertz CT molecular complexity index is 332. The molecule has 2 nitrogen and oxygen atoms in total. The van der Waals surface area contributed by atoms with E-state index in [4.69, 9.17) is 4.43 Å². The summed E-state index contributed by atoms with van der Waals surface area (Å²) in [4.78, 5) is 12.0. The lowest BCUT2D eigenvalue weighted by atomic mass is 10.1. The number of allylic oxidation sites excluding steroid dienone is 2. The summed E-state index contributed by atoms with van der Waals surface area (Å²) in [5, 5.41) is 0. The van der Waals surface area contributed by atoms with E-state index in [1.54, 1.807) is 0 Å². The highest BCUT2D eigenvalue weighted by molar-refractivity contribution is 6.77. The van der Waals surface area contributed by atoms with E-state index in [1.165, 1.54) is 0 Å². The minimum atomic E-state index is -1.94. The van der Waals surface area contributed by atoms with Gasteiger partial charge in [-0.2, -0.15) is 0 Å². The van der Waals surface area contributed by atoms with E-state index in [9.17, 15) is 4.79 Å². The maximum Gasteiger partial charge on any atom is 0.258 e. The molecule has 0 atom stereocenters. The van der Waals surface area contributed by atoms with Crippen LogP contribution in [0.1, 0.15) is 75.2 Å². The Labute approximate surface area is 127 Å². The Kier molecular flexibility index (Phi) is 7.78. The lowest BCUT2D eigenvalue weighted by Crippen LogP contribution is -2.47. The van der Waals surface area contributed by atoms with Gasteiger partial charge >= 0.3 is 0 Å². The molecule has 0 radical (unpaired) electrons. The van der Waals surface area contributed by atoms with Crippen LogP contribution in [-0.4, -0.2) is 14.1 Å². The summed E-state index contributed by atoms with van der Waals surface area (Å²) in [6.07, 6.45) is 1.36. The first kappa shape index (κ1) is 19.4. The van der Waals surface area contributed by atoms with Gasteiger partial charge in [0, 0.05) is 18.4 Å². The van der Waals surface area contributed by atoms with Crippen molar-refractivity contribution < 1.29 is 9.22 Å². The third kappa shape index (κ3) is 3.97. The van der Waals surface area contributed by atoms with Crippen LogP contribution in [0.25, 0.3) is 0 Å². The number of carbonyl (C=O) groups excluding carboxylic acids is 1. The Morgan fingerprint density at radius 3 is 1.55 bits per heavy atom. The summed E-state index contributed by atoms with van der Waals surface area (Å²) in [5.41, 5.74) is 2.43. The van der Waals surface area contributed by atoms with Crippen LogP contribution in [0.2, 0.25) is 16.6 Å². The minimum absolute atomic E-state index is 0.209. The molecular weight excluding hydrogens is 264 g/mol. The van der Waals surface area contributed by atoms with Crippen molar-refractivity contribution in [3.8, 4) is 0 Å². The first-order valence-corrected chi connectivity index (χ1v) is 10.2. The Balaban J connectivity index is 5.71. The van der Waals surface area contributed by atoms with Crippen molar-refractivity contribution in [2.45, 2.75) is 91.8 Å². The van der Waals surface area contributed by atoms with Gasteiger partial charge in [-0.1, -0.05) is 55.4 Å². The highest BCUT2D eigenvalue weighted by atomic mass is 28.4. The zero-order valence-corrected chi connectivity index (χ0v) is 16.0. The molecule has 118 valence electrons. The molecule has 0 bridgehead atoms. The third-order valence-electron chi connectivity index (χ3n) is 4.49. The second-order valence-electron chi connectivity index (χ2n) is 6.60. The normalized spacial score (nSPS) is 14.0. The average molecular weight is 299 g/mol. The number of hydrogen-bond acceptors (Lipinski definition) is 2. The molecule has 0 spiro atoms. The first-order chi connectivity index (χ1) is 9.14. The molecule has 0 aliphatic carbocycles. The Morgan fingerprint density at radius 2 is 1.30 bits per heavy atom. The maximum absolute atomic E-state index is 12.0. The quantitative estimate of drug-likeness (QED) is 0.319. The van der Waals surface area contributed by atoms with Gasteiger partial charge in [-0.15, -0.1) is 0 Å². The number of hydrogen-bond donors (Lipinski definition) is 0. The maximum atomic E-state index is 12.0. The molecule has 0 fully saturated rings. The molecule has 3 heteroatoms. The molecule has 0 aromatic carbocycles. The summed E-state index contributed by atoms with van der Waals surface area (Å²) < 4.78 is 6.65. The Morgan fingerprint density at radius 1 is 0.900 bits per heavy atom. The zero-order chi connectivity index (χ0) is 16.1. The molecule has 0 aliphatic heterocycles. The molecule has 0 unspecified atom stereocenters. The largest absolute Gasteiger partial charge is 0.545 e. The van der Waals surface area contributed by atoms with Crippen LogP contribution in [0, 0.1) is 0 Å². The third-order valence-corrected chi connectivity index (χ3v) is 10.5. The summed E-state index contributed by atoms with van der Waals surface area (Å²) in [5.74, 6) is 1.14. The van der Waals surface area contributed by atoms with Crippen molar-refractivity contribution in [2.24, 2.45) is 0 Å². The van der Waals surface area contributed by atoms with E-state index in [1.807, 2.05) is 13.8 Å². The standard InChI is InChI=1S/C17H34O2Si/c1-10-16(18)15(9)17(11-2)19-20(12(3)4,13(5)6)14(7)8/h12-14H,10-11H2,1-9H3/b17-15-. The molecular formula is C17H34O2Si. The van der Waals surface area contributed by atoms with Gasteiger partial charge in [-0.05, 0) is 23.5 Å². The van der Waals surface area contributed by atoms with E-state index in [-0.39, 0.29) is 5.78 Å². The van der Waals surface area contributed by atoms with Gasteiger partial charge in [0.05, 0.1) is 5.76 Å². The molecule has 20 heavy (non-hydrogen) atoms. The highest BCUT2D eigenvalue weighted by Crippen LogP contribution is 2.44. The van der Waals surface area contributed by atoms with E-state index >= 15 is 0 Å². The topological polar surface area (TPSA) is 26.3 Å². The molecule has 0 aromatic rings. The molecule has 0 amide bonds. The monoisotopic (exact) mass is 298 g/mol. The molecule has 0 aliphatic rings. The van der Waals surface area contributed by atoms with Crippen molar-refractivity contribution in [1.29, 1.82) is 0 Å². The van der Waals surface area contributed by atoms with Crippen molar-refractivity contribution in [1.82, 2.24) is 0 Å². The summed E-state index contributed by atoms with van der Waals surface area (Å²) in [6.45, 7) is 19.6. The van der Waals surface area contributed by atoms with Crippen molar-refractivity contribution >= 4 is 14.1 Å². The van der Waals surface area contributed by atoms with Crippen LogP contribution in [0.15, 0.2) is 11.3 Å². The number of rotatable bonds is 8. The minimum Gasteiger partial charge on any atom is -0.545 e. The van der Waals surface area contributed by atoms with Crippen LogP contribution in [0.5, 0.6) is 0 Å². The van der Waals surface area contributed by atoms with Gasteiger partial charge in [-0.25, -0.2) is 0 Å². The van der Waals surface area contributed by atoms with Gasteiger partial charge < -0.3 is 4.43 Å². The number of carbonyl (C=O) groups is 1. The molecule has 0 N–H and O–H groups in total. The zero-order valence-electron chi connectivity index (χ0n) is 15.0. The van der Waals surface area contributed by atoms with Gasteiger partial charge in [0.15, 0.2) is 5.78 Å². The summed E-state index contributed by atoms with van der Waals surface area (Å²) in [7, 11) is -1.94. The fourth-order valence-corrected chi connectivity index (χ4v) is 8.83. The van der Waals surface area contributed by atoms with E-state index in [0.717, 1.165) is 17.8 Å². The summed E-state index contributed by atoms with van der Waals surface area (Å²) >= 11 is 0. The SMILES string of the molecule is CCC(=O)/C(C)=C(/CC)O[Si](C(C)C)(C(C)C)C(C)C. The van der Waals surface area contributed by atoms with Crippen LogP contribution in [0.4, 0.5) is 0 Å². The molecule has 0 rings (SSSR count). The van der Waals surface area contributed by atoms with Crippen LogP contribution >= 0.6 is 0 Å². The van der Waals surface area contributed by atoms with E-state index in [2.05, 4.69) is 48.5 Å². The van der Waals surface area contributed by atoms with Crippen LogP contribution < -0.4 is 0 Å². The fraction of sp³-hybridized carbons (Fsp3) is 0.824. The van der Waals surface area contributed by atoms with Crippen molar-refractivity contribution in [3.05, 3.63) is 11.3 Å². The smallest absolute Gasteiger partial charge is 0.258 e. The highest BCUT2D eigenvalue weighted by Gasteiger charge is 2.47. The predicted octanol–water partition coefficient (Wildman–Crippen LogP) is 5.84. The van der Waals surface area contributed by atoms with Crippen molar-refractivity contribution in [2.75, 3.05) is 0 Å². The van der Waals surface area contributed by atoms with Gasteiger partial charge in [-0.3, -0.25) is 4.79 Å². The van der Waals surface area contributed by atoms with Gasteiger partial charge in [0.1, 0.15) is 0 Å².